The molecule has 2 aliphatic rings. The highest BCUT2D eigenvalue weighted by Gasteiger charge is 2.20. The summed E-state index contributed by atoms with van der Waals surface area (Å²) in [7, 11) is 0. The number of aromatic nitrogens is 2. The predicted molar refractivity (Wildman–Crippen MR) is 102 cm³/mol. The first-order valence-electron chi connectivity index (χ1n) is 9.11. The van der Waals surface area contributed by atoms with E-state index in [4.69, 9.17) is 9.47 Å². The number of nitrogens with one attached hydrogen (secondary N) is 1. The van der Waals surface area contributed by atoms with E-state index in [1.165, 1.54) is 0 Å². The summed E-state index contributed by atoms with van der Waals surface area (Å²) in [6.45, 7) is 7.57. The van der Waals surface area contributed by atoms with Gasteiger partial charge in [0.1, 0.15) is 30.7 Å². The molecule has 0 spiro atoms. The van der Waals surface area contributed by atoms with Gasteiger partial charge in [-0.15, -0.1) is 0 Å². The average molecular weight is 369 g/mol. The van der Waals surface area contributed by atoms with E-state index in [0.29, 0.717) is 32.1 Å². The van der Waals surface area contributed by atoms with Gasteiger partial charge in [0.05, 0.1) is 0 Å². The van der Waals surface area contributed by atoms with Gasteiger partial charge in [-0.05, 0) is 19.1 Å². The van der Waals surface area contributed by atoms with Gasteiger partial charge in [0, 0.05) is 50.9 Å². The molecule has 0 atom stereocenters. The second-order valence-electron chi connectivity index (χ2n) is 6.64. The molecule has 3 heterocycles. The van der Waals surface area contributed by atoms with Crippen molar-refractivity contribution in [2.45, 2.75) is 13.8 Å². The summed E-state index contributed by atoms with van der Waals surface area (Å²) in [5, 5.41) is 3.32. The summed E-state index contributed by atoms with van der Waals surface area (Å²) < 4.78 is 11.2. The van der Waals surface area contributed by atoms with E-state index in [2.05, 4.69) is 20.2 Å². The molecule has 8 nitrogen and oxygen atoms in total. The van der Waals surface area contributed by atoms with Crippen molar-refractivity contribution in [1.29, 1.82) is 0 Å². The van der Waals surface area contributed by atoms with Crippen LogP contribution in [-0.2, 0) is 4.79 Å². The predicted octanol–water partition coefficient (Wildman–Crippen LogP) is 1.97. The Hall–Kier alpha value is -3.03. The molecule has 1 saturated heterocycles. The molecule has 0 bridgehead atoms. The number of piperazine rings is 1. The number of ether oxygens (including phenoxy) is 2. The summed E-state index contributed by atoms with van der Waals surface area (Å²) in [5.41, 5.74) is 0.879. The molecule has 0 radical (unpaired) electrons. The fraction of sp³-hybridized carbons (Fsp3) is 0.421. The van der Waals surface area contributed by atoms with Crippen LogP contribution in [-0.4, -0.2) is 60.2 Å². The van der Waals surface area contributed by atoms with Crippen LogP contribution in [0.25, 0.3) is 0 Å². The van der Waals surface area contributed by atoms with Crippen molar-refractivity contribution in [3.8, 4) is 11.5 Å². The summed E-state index contributed by atoms with van der Waals surface area (Å²) >= 11 is 0. The number of fused-ring (bicyclic) bond motifs is 1. The van der Waals surface area contributed by atoms with Crippen molar-refractivity contribution in [2.24, 2.45) is 0 Å². The molecular weight excluding hydrogens is 346 g/mol. The number of amides is 1. The Bertz CT molecular complexity index is 849. The van der Waals surface area contributed by atoms with Gasteiger partial charge in [-0.1, -0.05) is 0 Å². The number of benzene rings is 1. The average Bonchev–Trinajstić information content (AvgIpc) is 2.67. The van der Waals surface area contributed by atoms with Crippen LogP contribution in [0.3, 0.4) is 0 Å². The molecule has 27 heavy (non-hydrogen) atoms. The molecule has 1 N–H and O–H groups in total. The van der Waals surface area contributed by atoms with E-state index in [9.17, 15) is 4.79 Å². The summed E-state index contributed by atoms with van der Waals surface area (Å²) in [6.07, 6.45) is 0. The van der Waals surface area contributed by atoms with Crippen molar-refractivity contribution in [3.63, 3.8) is 0 Å². The quantitative estimate of drug-likeness (QED) is 0.886. The van der Waals surface area contributed by atoms with E-state index in [0.717, 1.165) is 41.9 Å². The number of nitrogens with zero attached hydrogens (tertiary/aromatic N) is 4. The van der Waals surface area contributed by atoms with Crippen LogP contribution in [0.5, 0.6) is 11.5 Å². The third-order valence-corrected chi connectivity index (χ3v) is 4.69. The molecule has 0 saturated carbocycles. The smallest absolute Gasteiger partial charge is 0.219 e. The Balaban J connectivity index is 1.50. The Morgan fingerprint density at radius 1 is 1.04 bits per heavy atom. The van der Waals surface area contributed by atoms with Gasteiger partial charge in [-0.25, -0.2) is 9.97 Å². The molecule has 4 rings (SSSR count). The van der Waals surface area contributed by atoms with Crippen LogP contribution in [0.4, 0.5) is 17.3 Å². The topological polar surface area (TPSA) is 79.8 Å². The number of rotatable bonds is 3. The van der Waals surface area contributed by atoms with Crippen LogP contribution in [0.15, 0.2) is 24.3 Å². The van der Waals surface area contributed by atoms with Gasteiger partial charge in [0.15, 0.2) is 11.5 Å². The Morgan fingerprint density at radius 3 is 2.52 bits per heavy atom. The van der Waals surface area contributed by atoms with Crippen molar-refractivity contribution in [1.82, 2.24) is 14.9 Å². The summed E-state index contributed by atoms with van der Waals surface area (Å²) in [4.78, 5) is 24.6. The SMILES string of the molecule is CC(=O)N1CCN(c2cc(Nc3ccc4c(c3)OCCO4)nc(C)n2)CC1. The van der Waals surface area contributed by atoms with Crippen LogP contribution < -0.4 is 19.7 Å². The second-order valence-corrected chi connectivity index (χ2v) is 6.64. The zero-order valence-corrected chi connectivity index (χ0v) is 15.6. The number of hydrogen-bond donors (Lipinski definition) is 1. The van der Waals surface area contributed by atoms with Crippen LogP contribution in [0.1, 0.15) is 12.7 Å². The largest absolute Gasteiger partial charge is 0.486 e. The first-order valence-corrected chi connectivity index (χ1v) is 9.11. The minimum Gasteiger partial charge on any atom is -0.486 e. The lowest BCUT2D eigenvalue weighted by molar-refractivity contribution is -0.129. The third kappa shape index (κ3) is 3.89. The Labute approximate surface area is 158 Å². The minimum absolute atomic E-state index is 0.120. The first kappa shape index (κ1) is 17.4. The number of anilines is 3. The van der Waals surface area contributed by atoms with E-state index in [1.807, 2.05) is 36.1 Å². The second kappa shape index (κ2) is 7.30. The standard InChI is InChI=1S/C19H23N5O3/c1-13-20-18(22-15-3-4-16-17(11-15)27-10-9-26-16)12-19(21-13)24-7-5-23(6-8-24)14(2)25/h3-4,11-12H,5-10H2,1-2H3,(H,20,21,22). The van der Waals surface area contributed by atoms with Crippen LogP contribution in [0.2, 0.25) is 0 Å². The highest BCUT2D eigenvalue weighted by atomic mass is 16.6. The van der Waals surface area contributed by atoms with Gasteiger partial charge in [-0.3, -0.25) is 4.79 Å². The number of carbonyl (C=O) groups is 1. The first-order chi connectivity index (χ1) is 13.1. The molecule has 1 amide bonds. The van der Waals surface area contributed by atoms with Crippen molar-refractivity contribution in [2.75, 3.05) is 49.6 Å². The maximum absolute atomic E-state index is 11.5. The summed E-state index contributed by atoms with van der Waals surface area (Å²) in [5.74, 6) is 3.90. The van der Waals surface area contributed by atoms with E-state index in [1.54, 1.807) is 6.92 Å². The van der Waals surface area contributed by atoms with E-state index < -0.39 is 0 Å². The molecule has 1 fully saturated rings. The van der Waals surface area contributed by atoms with Gasteiger partial charge < -0.3 is 24.6 Å². The van der Waals surface area contributed by atoms with Gasteiger partial charge in [0.2, 0.25) is 5.91 Å². The Morgan fingerprint density at radius 2 is 1.78 bits per heavy atom. The number of aryl methyl sites for hydroxylation is 1. The fourth-order valence-corrected chi connectivity index (χ4v) is 3.30. The monoisotopic (exact) mass is 369 g/mol. The molecule has 1 aromatic heterocycles. The van der Waals surface area contributed by atoms with Gasteiger partial charge in [-0.2, -0.15) is 0 Å². The molecule has 8 heteroatoms. The maximum atomic E-state index is 11.5. The van der Waals surface area contributed by atoms with Crippen molar-refractivity contribution < 1.29 is 14.3 Å². The van der Waals surface area contributed by atoms with E-state index in [-0.39, 0.29) is 5.91 Å². The molecule has 0 aliphatic carbocycles. The highest BCUT2D eigenvalue weighted by Crippen LogP contribution is 2.33. The Kier molecular flexibility index (Phi) is 4.70. The normalized spacial score (nSPS) is 16.2. The number of carbonyl (C=O) groups excluding carboxylic acids is 1. The molecule has 1 aromatic carbocycles. The molecule has 2 aromatic rings. The zero-order chi connectivity index (χ0) is 18.8. The maximum Gasteiger partial charge on any atom is 0.219 e. The molecule has 142 valence electrons. The zero-order valence-electron chi connectivity index (χ0n) is 15.6. The summed E-state index contributed by atoms with van der Waals surface area (Å²) in [6, 6.07) is 7.69. The van der Waals surface area contributed by atoms with Crippen molar-refractivity contribution >= 4 is 23.2 Å². The van der Waals surface area contributed by atoms with Crippen molar-refractivity contribution in [3.05, 3.63) is 30.1 Å². The van der Waals surface area contributed by atoms with Gasteiger partial charge >= 0.3 is 0 Å². The molecule has 2 aliphatic heterocycles. The molecule has 0 unspecified atom stereocenters. The third-order valence-electron chi connectivity index (χ3n) is 4.69. The van der Waals surface area contributed by atoms with Gasteiger partial charge in [0.25, 0.3) is 0 Å². The van der Waals surface area contributed by atoms with E-state index >= 15 is 0 Å². The molecular formula is C19H23N5O3. The van der Waals surface area contributed by atoms with Crippen LogP contribution in [0, 0.1) is 6.92 Å². The fourth-order valence-electron chi connectivity index (χ4n) is 3.30. The van der Waals surface area contributed by atoms with Crippen LogP contribution >= 0.6 is 0 Å². The number of hydrogen-bond acceptors (Lipinski definition) is 7. The lowest BCUT2D eigenvalue weighted by Gasteiger charge is -2.35. The lowest BCUT2D eigenvalue weighted by Crippen LogP contribution is -2.48. The lowest BCUT2D eigenvalue weighted by atomic mass is 10.2. The highest BCUT2D eigenvalue weighted by molar-refractivity contribution is 5.73. The minimum atomic E-state index is 0.120.